The van der Waals surface area contributed by atoms with Gasteiger partial charge >= 0.3 is 5.97 Å². The van der Waals surface area contributed by atoms with Gasteiger partial charge in [0.05, 0.1) is 26.4 Å². The van der Waals surface area contributed by atoms with Crippen LogP contribution in [0, 0.1) is 13.8 Å². The van der Waals surface area contributed by atoms with Gasteiger partial charge in [0.15, 0.2) is 11.5 Å². The summed E-state index contributed by atoms with van der Waals surface area (Å²) in [5.41, 5.74) is 3.44. The summed E-state index contributed by atoms with van der Waals surface area (Å²) in [5, 5.41) is 0. The van der Waals surface area contributed by atoms with Crippen LogP contribution in [0.15, 0.2) is 18.2 Å². The molecule has 1 fully saturated rings. The summed E-state index contributed by atoms with van der Waals surface area (Å²) in [4.78, 5) is 30.9. The van der Waals surface area contributed by atoms with Crippen LogP contribution in [0.3, 0.4) is 0 Å². The molecule has 1 saturated heterocycles. The Labute approximate surface area is 190 Å². The molecule has 1 amide bonds. The molecule has 2 aromatic rings. The number of aromatic amines is 1. The summed E-state index contributed by atoms with van der Waals surface area (Å²) < 4.78 is 15.9. The van der Waals surface area contributed by atoms with E-state index in [2.05, 4.69) is 4.98 Å². The zero-order valence-corrected chi connectivity index (χ0v) is 19.7. The molecule has 0 radical (unpaired) electrons. The number of hydrogen-bond acceptors (Lipinski definition) is 5. The average molecular weight is 443 g/mol. The van der Waals surface area contributed by atoms with Gasteiger partial charge in [-0.05, 0) is 76.1 Å². The number of rotatable bonds is 8. The number of nitrogens with one attached hydrogen (secondary N) is 1. The van der Waals surface area contributed by atoms with Crippen molar-refractivity contribution in [3.8, 4) is 11.5 Å². The molecule has 7 nitrogen and oxygen atoms in total. The number of ether oxygens (including phenoxy) is 3. The predicted molar refractivity (Wildman–Crippen MR) is 123 cm³/mol. The highest BCUT2D eigenvalue weighted by Crippen LogP contribution is 2.30. The van der Waals surface area contributed by atoms with Crippen LogP contribution in [0.25, 0.3) is 0 Å². The maximum Gasteiger partial charge on any atom is 0.340 e. The molecule has 1 N–H and O–H groups in total. The van der Waals surface area contributed by atoms with Crippen molar-refractivity contribution in [3.05, 3.63) is 46.3 Å². The van der Waals surface area contributed by atoms with E-state index in [1.807, 2.05) is 30.0 Å². The lowest BCUT2D eigenvalue weighted by Crippen LogP contribution is -2.44. The van der Waals surface area contributed by atoms with Crippen LogP contribution in [0.4, 0.5) is 0 Å². The number of likely N-dealkylation sites (tertiary alicyclic amines) is 1. The lowest BCUT2D eigenvalue weighted by molar-refractivity contribution is 0.0525. The van der Waals surface area contributed by atoms with E-state index < -0.39 is 0 Å². The van der Waals surface area contributed by atoms with Crippen LogP contribution in [-0.2, 0) is 11.2 Å². The Morgan fingerprint density at radius 1 is 1.12 bits per heavy atom. The normalized spacial score (nSPS) is 16.0. The number of piperidine rings is 1. The van der Waals surface area contributed by atoms with Crippen LogP contribution >= 0.6 is 0 Å². The Morgan fingerprint density at radius 2 is 1.88 bits per heavy atom. The minimum absolute atomic E-state index is 0.0434. The summed E-state index contributed by atoms with van der Waals surface area (Å²) in [6.07, 6.45) is 4.78. The summed E-state index contributed by atoms with van der Waals surface area (Å²) in [7, 11) is 3.26. The van der Waals surface area contributed by atoms with Gasteiger partial charge in [-0.2, -0.15) is 0 Å². The maximum absolute atomic E-state index is 13.5. The van der Waals surface area contributed by atoms with Gasteiger partial charge in [-0.15, -0.1) is 0 Å². The number of aromatic nitrogens is 1. The second kappa shape index (κ2) is 10.6. The number of aryl methyl sites for hydroxylation is 2. The van der Waals surface area contributed by atoms with Crippen LogP contribution < -0.4 is 9.47 Å². The highest BCUT2D eigenvalue weighted by atomic mass is 16.5. The fourth-order valence-corrected chi connectivity index (χ4v) is 4.55. The zero-order chi connectivity index (χ0) is 23.3. The molecule has 1 aromatic carbocycles. The van der Waals surface area contributed by atoms with Crippen LogP contribution in [0.2, 0.25) is 0 Å². The van der Waals surface area contributed by atoms with E-state index in [0.29, 0.717) is 40.6 Å². The minimum Gasteiger partial charge on any atom is -0.493 e. The zero-order valence-electron chi connectivity index (χ0n) is 19.7. The number of H-pyrrole nitrogens is 1. The average Bonchev–Trinajstić information content (AvgIpc) is 3.11. The number of carbonyl (C=O) groups excluding carboxylic acids is 2. The Morgan fingerprint density at radius 3 is 2.56 bits per heavy atom. The molecule has 1 aliphatic heterocycles. The first-order valence-electron chi connectivity index (χ1n) is 11.3. The third kappa shape index (κ3) is 4.92. The molecule has 7 heteroatoms. The Balaban J connectivity index is 1.76. The number of benzene rings is 1. The molecule has 0 bridgehead atoms. The lowest BCUT2D eigenvalue weighted by atomic mass is 9.95. The quantitative estimate of drug-likeness (QED) is 0.611. The fraction of sp³-hybridized carbons (Fsp3) is 0.520. The smallest absolute Gasteiger partial charge is 0.340 e. The van der Waals surface area contributed by atoms with E-state index in [9.17, 15) is 9.59 Å². The van der Waals surface area contributed by atoms with Gasteiger partial charge in [0.1, 0.15) is 5.69 Å². The summed E-state index contributed by atoms with van der Waals surface area (Å²) >= 11 is 0. The van der Waals surface area contributed by atoms with Gasteiger partial charge in [-0.3, -0.25) is 4.79 Å². The molecule has 174 valence electrons. The number of methoxy groups -OCH3 is 2. The van der Waals surface area contributed by atoms with Gasteiger partial charge in [0, 0.05) is 18.3 Å². The van der Waals surface area contributed by atoms with E-state index in [1.54, 1.807) is 28.1 Å². The van der Waals surface area contributed by atoms with Crippen molar-refractivity contribution in [2.75, 3.05) is 27.4 Å². The summed E-state index contributed by atoms with van der Waals surface area (Å²) in [6, 6.07) is 6.11. The van der Waals surface area contributed by atoms with Crippen LogP contribution in [0.1, 0.15) is 70.3 Å². The highest BCUT2D eigenvalue weighted by Gasteiger charge is 2.31. The molecule has 0 saturated carbocycles. The van der Waals surface area contributed by atoms with Gasteiger partial charge in [0.25, 0.3) is 5.91 Å². The van der Waals surface area contributed by atoms with Gasteiger partial charge in [0.2, 0.25) is 0 Å². The number of esters is 1. The van der Waals surface area contributed by atoms with E-state index >= 15 is 0 Å². The Bertz CT molecular complexity index is 965. The van der Waals surface area contributed by atoms with Crippen molar-refractivity contribution >= 4 is 11.9 Å². The molecule has 0 spiro atoms. The maximum atomic E-state index is 13.5. The van der Waals surface area contributed by atoms with Crippen LogP contribution in [0.5, 0.6) is 11.5 Å². The Hall–Kier alpha value is -2.96. The molecule has 1 aliphatic rings. The molecule has 3 rings (SSSR count). The first-order chi connectivity index (χ1) is 15.4. The highest BCUT2D eigenvalue weighted by molar-refractivity contribution is 6.00. The lowest BCUT2D eigenvalue weighted by Gasteiger charge is -2.36. The molecular formula is C25H34N2O5. The molecule has 1 aromatic heterocycles. The van der Waals surface area contributed by atoms with Crippen molar-refractivity contribution in [3.63, 3.8) is 0 Å². The number of amides is 1. The van der Waals surface area contributed by atoms with Crippen molar-refractivity contribution < 1.29 is 23.8 Å². The van der Waals surface area contributed by atoms with E-state index in [1.165, 1.54) is 0 Å². The monoisotopic (exact) mass is 442 g/mol. The first kappa shape index (κ1) is 23.7. The molecule has 32 heavy (non-hydrogen) atoms. The van der Waals surface area contributed by atoms with Crippen molar-refractivity contribution in [1.29, 1.82) is 0 Å². The predicted octanol–water partition coefficient (Wildman–Crippen LogP) is 4.45. The standard InChI is InChI=1S/C25H34N2O5/c1-6-32-25(29)22-16(2)23(26-17(22)3)24(28)27-14-8-7-9-19(27)12-10-18-11-13-20(30-4)21(15-18)31-5/h11,13,15,19,26H,6-10,12,14H2,1-5H3. The van der Waals surface area contributed by atoms with E-state index in [-0.39, 0.29) is 17.9 Å². The summed E-state index contributed by atoms with van der Waals surface area (Å²) in [5.74, 6) is 0.992. The number of nitrogens with zero attached hydrogens (tertiary/aromatic N) is 1. The van der Waals surface area contributed by atoms with Crippen molar-refractivity contribution in [2.24, 2.45) is 0 Å². The van der Waals surface area contributed by atoms with Gasteiger partial charge < -0.3 is 24.1 Å². The van der Waals surface area contributed by atoms with Gasteiger partial charge in [-0.25, -0.2) is 4.79 Å². The summed E-state index contributed by atoms with van der Waals surface area (Å²) in [6.45, 7) is 6.42. The number of carbonyl (C=O) groups is 2. The van der Waals surface area contributed by atoms with E-state index in [0.717, 1.165) is 44.2 Å². The first-order valence-corrected chi connectivity index (χ1v) is 11.3. The SMILES string of the molecule is CCOC(=O)c1c(C)[nH]c(C(=O)N2CCCCC2CCc2ccc(OC)c(OC)c2)c1C. The number of hydrogen-bond donors (Lipinski definition) is 1. The fourth-order valence-electron chi connectivity index (χ4n) is 4.55. The third-order valence-corrected chi connectivity index (χ3v) is 6.23. The molecular weight excluding hydrogens is 408 g/mol. The molecule has 1 unspecified atom stereocenters. The van der Waals surface area contributed by atoms with E-state index in [4.69, 9.17) is 14.2 Å². The van der Waals surface area contributed by atoms with Crippen molar-refractivity contribution in [2.45, 2.75) is 58.9 Å². The van der Waals surface area contributed by atoms with Crippen molar-refractivity contribution in [1.82, 2.24) is 9.88 Å². The van der Waals surface area contributed by atoms with Gasteiger partial charge in [-0.1, -0.05) is 6.07 Å². The molecule has 1 atom stereocenters. The second-order valence-corrected chi connectivity index (χ2v) is 8.22. The minimum atomic E-state index is -0.388. The largest absolute Gasteiger partial charge is 0.493 e. The topological polar surface area (TPSA) is 80.9 Å². The molecule has 2 heterocycles. The molecule has 0 aliphatic carbocycles. The second-order valence-electron chi connectivity index (χ2n) is 8.22. The van der Waals surface area contributed by atoms with Crippen LogP contribution in [-0.4, -0.2) is 55.2 Å². The Kier molecular flexibility index (Phi) is 7.83. The third-order valence-electron chi connectivity index (χ3n) is 6.23.